The molecule has 0 atom stereocenters. The van der Waals surface area contributed by atoms with Crippen molar-refractivity contribution in [2.75, 3.05) is 11.9 Å². The summed E-state index contributed by atoms with van der Waals surface area (Å²) in [7, 11) is 0. The Labute approximate surface area is 114 Å². The zero-order valence-corrected chi connectivity index (χ0v) is 11.5. The number of aliphatic hydroxyl groups excluding tert-OH is 1. The molecule has 1 heterocycles. The Morgan fingerprint density at radius 2 is 1.95 bits per heavy atom. The highest BCUT2D eigenvalue weighted by Gasteiger charge is 2.00. The van der Waals surface area contributed by atoms with E-state index in [9.17, 15) is 0 Å². The molecule has 0 unspecified atom stereocenters. The number of aromatic nitrogens is 1. The summed E-state index contributed by atoms with van der Waals surface area (Å²) in [6, 6.07) is 12.5. The summed E-state index contributed by atoms with van der Waals surface area (Å²) in [5, 5.41) is 12.3. The zero-order chi connectivity index (χ0) is 13.5. The van der Waals surface area contributed by atoms with Crippen LogP contribution in [-0.2, 0) is 19.5 Å². The van der Waals surface area contributed by atoms with E-state index in [0.29, 0.717) is 0 Å². The number of aryl methyl sites for hydroxylation is 1. The average molecular weight is 258 g/mol. The Kier molecular flexibility index (Phi) is 5.04. The van der Waals surface area contributed by atoms with Crippen LogP contribution in [0.25, 0.3) is 0 Å². The molecule has 0 aliphatic rings. The average Bonchev–Trinajstić information content (AvgIpc) is 2.86. The van der Waals surface area contributed by atoms with Crippen molar-refractivity contribution in [1.29, 1.82) is 0 Å². The quantitative estimate of drug-likeness (QED) is 0.801. The standard InChI is InChI=1S/C16H22N2O/c1-2-10-18-11-3-4-16(18)13-17-15-7-5-14(6-8-15)9-12-19/h3-8,11,17,19H,2,9-10,12-13H2,1H3. The number of rotatable bonds is 7. The van der Waals surface area contributed by atoms with Crippen LogP contribution >= 0.6 is 0 Å². The Hall–Kier alpha value is -1.74. The van der Waals surface area contributed by atoms with Crippen LogP contribution in [0.15, 0.2) is 42.6 Å². The van der Waals surface area contributed by atoms with E-state index in [0.717, 1.165) is 31.6 Å². The maximum Gasteiger partial charge on any atom is 0.0553 e. The topological polar surface area (TPSA) is 37.2 Å². The van der Waals surface area contributed by atoms with Crippen LogP contribution in [0, 0.1) is 0 Å². The Morgan fingerprint density at radius 1 is 1.16 bits per heavy atom. The first-order valence-corrected chi connectivity index (χ1v) is 6.91. The number of aliphatic hydroxyl groups is 1. The Morgan fingerprint density at radius 3 is 2.63 bits per heavy atom. The van der Waals surface area contributed by atoms with Crippen LogP contribution in [0.1, 0.15) is 24.6 Å². The van der Waals surface area contributed by atoms with E-state index in [1.807, 2.05) is 0 Å². The van der Waals surface area contributed by atoms with Crippen molar-refractivity contribution >= 4 is 5.69 Å². The highest BCUT2D eigenvalue weighted by molar-refractivity contribution is 5.44. The highest BCUT2D eigenvalue weighted by atomic mass is 16.2. The van der Waals surface area contributed by atoms with Gasteiger partial charge < -0.3 is 15.0 Å². The molecular weight excluding hydrogens is 236 g/mol. The molecule has 1 aromatic heterocycles. The molecule has 0 aliphatic carbocycles. The normalized spacial score (nSPS) is 10.6. The molecule has 0 fully saturated rings. The molecule has 1 aromatic carbocycles. The molecular formula is C16H22N2O. The fourth-order valence-electron chi connectivity index (χ4n) is 2.18. The molecule has 3 nitrogen and oxygen atoms in total. The smallest absolute Gasteiger partial charge is 0.0553 e. The molecule has 0 bridgehead atoms. The second kappa shape index (κ2) is 7.00. The summed E-state index contributed by atoms with van der Waals surface area (Å²) in [6.45, 7) is 4.31. The minimum absolute atomic E-state index is 0.206. The molecule has 0 spiro atoms. The van der Waals surface area contributed by atoms with E-state index < -0.39 is 0 Å². The van der Waals surface area contributed by atoms with E-state index >= 15 is 0 Å². The van der Waals surface area contributed by atoms with Gasteiger partial charge in [0.2, 0.25) is 0 Å². The van der Waals surface area contributed by atoms with E-state index in [-0.39, 0.29) is 6.61 Å². The first kappa shape index (κ1) is 13.7. The second-order valence-corrected chi connectivity index (χ2v) is 4.72. The SMILES string of the molecule is CCCn1cccc1CNc1ccc(CCO)cc1. The van der Waals surface area contributed by atoms with Gasteiger partial charge in [0.25, 0.3) is 0 Å². The molecule has 19 heavy (non-hydrogen) atoms. The van der Waals surface area contributed by atoms with Gasteiger partial charge in [-0.25, -0.2) is 0 Å². The van der Waals surface area contributed by atoms with Gasteiger partial charge in [-0.05, 0) is 42.7 Å². The van der Waals surface area contributed by atoms with Crippen LogP contribution in [0.2, 0.25) is 0 Å². The molecule has 2 rings (SSSR count). The van der Waals surface area contributed by atoms with Gasteiger partial charge in [0.1, 0.15) is 0 Å². The van der Waals surface area contributed by atoms with Crippen LogP contribution in [-0.4, -0.2) is 16.3 Å². The van der Waals surface area contributed by atoms with Gasteiger partial charge in [0.05, 0.1) is 6.54 Å². The van der Waals surface area contributed by atoms with E-state index in [1.54, 1.807) is 0 Å². The van der Waals surface area contributed by atoms with Crippen LogP contribution in [0.5, 0.6) is 0 Å². The number of nitrogens with zero attached hydrogens (tertiary/aromatic N) is 1. The van der Waals surface area contributed by atoms with Crippen LogP contribution < -0.4 is 5.32 Å². The molecule has 0 saturated carbocycles. The van der Waals surface area contributed by atoms with Crippen molar-refractivity contribution < 1.29 is 5.11 Å². The fraction of sp³-hybridized carbons (Fsp3) is 0.375. The lowest BCUT2D eigenvalue weighted by atomic mass is 10.1. The Bertz CT molecular complexity index is 488. The van der Waals surface area contributed by atoms with Gasteiger partial charge in [-0.2, -0.15) is 0 Å². The van der Waals surface area contributed by atoms with Crippen molar-refractivity contribution in [3.05, 3.63) is 53.9 Å². The van der Waals surface area contributed by atoms with Gasteiger partial charge in [-0.1, -0.05) is 19.1 Å². The zero-order valence-electron chi connectivity index (χ0n) is 11.5. The minimum Gasteiger partial charge on any atom is -0.396 e. The third-order valence-corrected chi connectivity index (χ3v) is 3.22. The third kappa shape index (κ3) is 3.86. The van der Waals surface area contributed by atoms with Crippen molar-refractivity contribution in [3.8, 4) is 0 Å². The van der Waals surface area contributed by atoms with Gasteiger partial charge in [-0.3, -0.25) is 0 Å². The minimum atomic E-state index is 0.206. The summed E-state index contributed by atoms with van der Waals surface area (Å²) in [5.41, 5.74) is 3.59. The van der Waals surface area contributed by atoms with Gasteiger partial charge in [-0.15, -0.1) is 0 Å². The number of hydrogen-bond acceptors (Lipinski definition) is 2. The summed E-state index contributed by atoms with van der Waals surface area (Å²) < 4.78 is 2.28. The number of benzene rings is 1. The largest absolute Gasteiger partial charge is 0.396 e. The third-order valence-electron chi connectivity index (χ3n) is 3.22. The lowest BCUT2D eigenvalue weighted by Crippen LogP contribution is -2.06. The fourth-order valence-corrected chi connectivity index (χ4v) is 2.18. The molecule has 0 amide bonds. The number of nitrogens with one attached hydrogen (secondary N) is 1. The lowest BCUT2D eigenvalue weighted by molar-refractivity contribution is 0.299. The van der Waals surface area contributed by atoms with Crippen molar-refractivity contribution in [2.24, 2.45) is 0 Å². The van der Waals surface area contributed by atoms with E-state index in [2.05, 4.69) is 59.4 Å². The molecule has 3 heteroatoms. The monoisotopic (exact) mass is 258 g/mol. The first-order valence-electron chi connectivity index (χ1n) is 6.91. The summed E-state index contributed by atoms with van der Waals surface area (Å²) in [5.74, 6) is 0. The first-order chi connectivity index (χ1) is 9.33. The van der Waals surface area contributed by atoms with Crippen molar-refractivity contribution in [3.63, 3.8) is 0 Å². The van der Waals surface area contributed by atoms with E-state index in [4.69, 9.17) is 5.11 Å². The van der Waals surface area contributed by atoms with Crippen molar-refractivity contribution in [2.45, 2.75) is 32.9 Å². The predicted octanol–water partition coefficient (Wildman–Crippen LogP) is 3.05. The Balaban J connectivity index is 1.92. The molecule has 0 aliphatic heterocycles. The highest BCUT2D eigenvalue weighted by Crippen LogP contribution is 2.12. The van der Waals surface area contributed by atoms with Gasteiger partial charge >= 0.3 is 0 Å². The predicted molar refractivity (Wildman–Crippen MR) is 79.3 cm³/mol. The van der Waals surface area contributed by atoms with Gasteiger partial charge in [0.15, 0.2) is 0 Å². The molecule has 2 N–H and O–H groups in total. The van der Waals surface area contributed by atoms with Crippen LogP contribution in [0.3, 0.4) is 0 Å². The summed E-state index contributed by atoms with van der Waals surface area (Å²) in [6.07, 6.45) is 4.00. The summed E-state index contributed by atoms with van der Waals surface area (Å²) >= 11 is 0. The molecule has 0 saturated heterocycles. The molecule has 0 radical (unpaired) electrons. The lowest BCUT2D eigenvalue weighted by Gasteiger charge is -2.10. The second-order valence-electron chi connectivity index (χ2n) is 4.72. The maximum absolute atomic E-state index is 8.88. The number of anilines is 1. The summed E-state index contributed by atoms with van der Waals surface area (Å²) in [4.78, 5) is 0. The molecule has 2 aromatic rings. The maximum atomic E-state index is 8.88. The molecule has 102 valence electrons. The number of hydrogen-bond donors (Lipinski definition) is 2. The van der Waals surface area contributed by atoms with E-state index in [1.165, 1.54) is 11.3 Å². The van der Waals surface area contributed by atoms with Crippen molar-refractivity contribution in [1.82, 2.24) is 4.57 Å². The van der Waals surface area contributed by atoms with Gasteiger partial charge in [0, 0.05) is 30.7 Å². The van der Waals surface area contributed by atoms with Crippen LogP contribution in [0.4, 0.5) is 5.69 Å².